The Hall–Kier alpha value is -3.78. The molecule has 4 aromatic carbocycles. The van der Waals surface area contributed by atoms with Gasteiger partial charge in [-0.1, -0.05) is 97.1 Å². The summed E-state index contributed by atoms with van der Waals surface area (Å²) in [6, 6.07) is 31.4. The van der Waals surface area contributed by atoms with Crippen molar-refractivity contribution in [2.45, 2.75) is 12.8 Å². The Bertz CT molecular complexity index is 1270. The Kier molecular flexibility index (Phi) is 4.61. The molecule has 0 unspecified atom stereocenters. The summed E-state index contributed by atoms with van der Waals surface area (Å²) in [5.41, 5.74) is 6.62. The molecule has 1 aliphatic rings. The van der Waals surface area contributed by atoms with Gasteiger partial charge in [0.2, 0.25) is 0 Å². The number of fused-ring (bicyclic) bond motifs is 2. The molecule has 0 radical (unpaired) electrons. The number of hydrogen-bond donors (Lipinski definition) is 0. The van der Waals surface area contributed by atoms with Crippen molar-refractivity contribution in [3.63, 3.8) is 0 Å². The molecule has 0 heterocycles. The Morgan fingerprint density at radius 1 is 0.433 bits per heavy atom. The zero-order valence-electron chi connectivity index (χ0n) is 16.5. The average Bonchev–Trinajstić information content (AvgIpc) is 2.79. The highest BCUT2D eigenvalue weighted by molar-refractivity contribution is 6.28. The second-order valence-corrected chi connectivity index (χ2v) is 7.65. The van der Waals surface area contributed by atoms with Crippen molar-refractivity contribution in [3.05, 3.63) is 142 Å². The smallest absolute Gasteiger partial charge is 0.194 e. The van der Waals surface area contributed by atoms with Gasteiger partial charge in [-0.3, -0.25) is 9.59 Å². The van der Waals surface area contributed by atoms with Crippen LogP contribution in [0.3, 0.4) is 0 Å². The molecule has 2 nitrogen and oxygen atoms in total. The van der Waals surface area contributed by atoms with Crippen molar-refractivity contribution >= 4 is 11.6 Å². The highest BCUT2D eigenvalue weighted by Gasteiger charge is 2.31. The number of rotatable bonds is 4. The molecule has 30 heavy (non-hydrogen) atoms. The van der Waals surface area contributed by atoms with Crippen LogP contribution in [-0.4, -0.2) is 11.6 Å². The Morgan fingerprint density at radius 3 is 1.70 bits per heavy atom. The molecule has 0 aliphatic heterocycles. The maximum atomic E-state index is 13.3. The van der Waals surface area contributed by atoms with Gasteiger partial charge in [0.15, 0.2) is 11.6 Å². The normalized spacial score (nSPS) is 12.4. The minimum atomic E-state index is -0.0698. The van der Waals surface area contributed by atoms with Gasteiger partial charge in [0.05, 0.1) is 0 Å². The molecule has 0 amide bonds. The highest BCUT2D eigenvalue weighted by atomic mass is 16.1. The van der Waals surface area contributed by atoms with Crippen LogP contribution in [0.15, 0.2) is 97.1 Å². The molecule has 0 fully saturated rings. The average molecular weight is 388 g/mol. The quantitative estimate of drug-likeness (QED) is 0.399. The largest absolute Gasteiger partial charge is 0.289 e. The third-order valence-electron chi connectivity index (χ3n) is 5.78. The van der Waals surface area contributed by atoms with Crippen LogP contribution in [0.1, 0.15) is 54.1 Å². The van der Waals surface area contributed by atoms with Gasteiger partial charge in [-0.05, 0) is 35.1 Å². The maximum Gasteiger partial charge on any atom is 0.194 e. The van der Waals surface area contributed by atoms with Gasteiger partial charge in [-0.2, -0.15) is 0 Å². The van der Waals surface area contributed by atoms with E-state index >= 15 is 0 Å². The maximum absolute atomic E-state index is 13.3. The standard InChI is InChI=1S/C28H20O2/c29-27-23-14-6-7-15-24(23)28(30)26-22(13-8-16-25(26)27)18-21-12-5-4-11-20(21)17-19-9-2-1-3-10-19/h1-16H,17-18H2. The predicted molar refractivity (Wildman–Crippen MR) is 118 cm³/mol. The molecule has 1 aliphatic carbocycles. The predicted octanol–water partition coefficient (Wildman–Crippen LogP) is 5.64. The summed E-state index contributed by atoms with van der Waals surface area (Å²) in [6.07, 6.45) is 1.45. The fourth-order valence-corrected chi connectivity index (χ4v) is 4.29. The monoisotopic (exact) mass is 388 g/mol. The van der Waals surface area contributed by atoms with Gasteiger partial charge in [0.25, 0.3) is 0 Å². The summed E-state index contributed by atoms with van der Waals surface area (Å²) in [7, 11) is 0. The summed E-state index contributed by atoms with van der Waals surface area (Å²) in [5.74, 6) is -0.129. The Balaban J connectivity index is 1.55. The molecule has 144 valence electrons. The van der Waals surface area contributed by atoms with E-state index in [-0.39, 0.29) is 11.6 Å². The lowest BCUT2D eigenvalue weighted by molar-refractivity contribution is 0.0978. The molecule has 0 atom stereocenters. The van der Waals surface area contributed by atoms with E-state index < -0.39 is 0 Å². The van der Waals surface area contributed by atoms with Gasteiger partial charge in [0, 0.05) is 22.3 Å². The summed E-state index contributed by atoms with van der Waals surface area (Å²) >= 11 is 0. The topological polar surface area (TPSA) is 34.1 Å². The number of carbonyl (C=O) groups excluding carboxylic acids is 2. The van der Waals surface area contributed by atoms with Crippen LogP contribution in [-0.2, 0) is 12.8 Å². The van der Waals surface area contributed by atoms with Crippen LogP contribution in [0.5, 0.6) is 0 Å². The minimum absolute atomic E-state index is 0.0589. The fourth-order valence-electron chi connectivity index (χ4n) is 4.29. The Morgan fingerprint density at radius 2 is 0.967 bits per heavy atom. The molecule has 5 rings (SSSR count). The van der Waals surface area contributed by atoms with Gasteiger partial charge in [-0.15, -0.1) is 0 Å². The van der Waals surface area contributed by atoms with E-state index in [1.807, 2.05) is 48.5 Å². The number of hydrogen-bond acceptors (Lipinski definition) is 2. The van der Waals surface area contributed by atoms with E-state index in [1.165, 1.54) is 16.7 Å². The van der Waals surface area contributed by atoms with Crippen LogP contribution < -0.4 is 0 Å². The highest BCUT2D eigenvalue weighted by Crippen LogP contribution is 2.31. The summed E-state index contributed by atoms with van der Waals surface area (Å²) in [5, 5.41) is 0. The summed E-state index contributed by atoms with van der Waals surface area (Å²) < 4.78 is 0. The van der Waals surface area contributed by atoms with Crippen molar-refractivity contribution in [3.8, 4) is 0 Å². The van der Waals surface area contributed by atoms with Crippen LogP contribution in [0.2, 0.25) is 0 Å². The first-order valence-corrected chi connectivity index (χ1v) is 10.1. The van der Waals surface area contributed by atoms with Crippen molar-refractivity contribution in [1.82, 2.24) is 0 Å². The van der Waals surface area contributed by atoms with Crippen molar-refractivity contribution < 1.29 is 9.59 Å². The van der Waals surface area contributed by atoms with Crippen molar-refractivity contribution in [1.29, 1.82) is 0 Å². The van der Waals surface area contributed by atoms with Crippen molar-refractivity contribution in [2.75, 3.05) is 0 Å². The van der Waals surface area contributed by atoms with Gasteiger partial charge < -0.3 is 0 Å². The number of carbonyl (C=O) groups is 2. The van der Waals surface area contributed by atoms with Crippen LogP contribution in [0.4, 0.5) is 0 Å². The molecule has 0 saturated carbocycles. The third-order valence-corrected chi connectivity index (χ3v) is 5.78. The van der Waals surface area contributed by atoms with Crippen molar-refractivity contribution in [2.24, 2.45) is 0 Å². The molecule has 0 saturated heterocycles. The lowest BCUT2D eigenvalue weighted by Gasteiger charge is -2.20. The summed E-state index contributed by atoms with van der Waals surface area (Å²) in [4.78, 5) is 26.3. The molecular weight excluding hydrogens is 368 g/mol. The molecule has 0 spiro atoms. The van der Waals surface area contributed by atoms with E-state index in [2.05, 4.69) is 24.3 Å². The van der Waals surface area contributed by atoms with Gasteiger partial charge >= 0.3 is 0 Å². The SMILES string of the molecule is O=C1c2ccccc2C(=O)c2c(Cc3ccccc3Cc3ccccc3)cccc21. The first-order valence-electron chi connectivity index (χ1n) is 10.1. The third kappa shape index (κ3) is 3.17. The molecule has 2 heteroatoms. The van der Waals surface area contributed by atoms with Gasteiger partial charge in [-0.25, -0.2) is 0 Å². The van der Waals surface area contributed by atoms with E-state index in [9.17, 15) is 9.59 Å². The molecule has 0 aromatic heterocycles. The zero-order chi connectivity index (χ0) is 20.5. The molecular formula is C28H20O2. The van der Waals surface area contributed by atoms with Gasteiger partial charge in [0.1, 0.15) is 0 Å². The minimum Gasteiger partial charge on any atom is -0.289 e. The Labute approximate surface area is 175 Å². The first kappa shape index (κ1) is 18.3. The van der Waals surface area contributed by atoms with Crippen LogP contribution in [0, 0.1) is 0 Å². The van der Waals surface area contributed by atoms with Crippen LogP contribution >= 0.6 is 0 Å². The zero-order valence-corrected chi connectivity index (χ0v) is 16.5. The molecule has 0 bridgehead atoms. The van der Waals surface area contributed by atoms with E-state index in [4.69, 9.17) is 0 Å². The molecule has 4 aromatic rings. The lowest BCUT2D eigenvalue weighted by atomic mass is 9.80. The summed E-state index contributed by atoms with van der Waals surface area (Å²) in [6.45, 7) is 0. The van der Waals surface area contributed by atoms with E-state index in [0.29, 0.717) is 28.7 Å². The lowest BCUT2D eigenvalue weighted by Crippen LogP contribution is -2.22. The fraction of sp³-hybridized carbons (Fsp3) is 0.0714. The second kappa shape index (κ2) is 7.57. The van der Waals surface area contributed by atoms with E-state index in [0.717, 1.165) is 12.0 Å². The number of ketones is 2. The molecule has 0 N–H and O–H groups in total. The second-order valence-electron chi connectivity index (χ2n) is 7.65. The number of benzene rings is 4. The first-order chi connectivity index (χ1) is 14.7. The van der Waals surface area contributed by atoms with Crippen LogP contribution in [0.25, 0.3) is 0 Å². The van der Waals surface area contributed by atoms with E-state index in [1.54, 1.807) is 24.3 Å².